The van der Waals surface area contributed by atoms with Crippen molar-refractivity contribution in [1.82, 2.24) is 4.90 Å². The third kappa shape index (κ3) is 4.78. The highest BCUT2D eigenvalue weighted by Gasteiger charge is 2.38. The summed E-state index contributed by atoms with van der Waals surface area (Å²) in [6.07, 6.45) is 3.11. The molecule has 0 saturated carbocycles. The second-order valence-corrected chi connectivity index (χ2v) is 7.89. The summed E-state index contributed by atoms with van der Waals surface area (Å²) in [5.74, 6) is 0.345. The number of hydrogen-bond acceptors (Lipinski definition) is 7. The van der Waals surface area contributed by atoms with E-state index in [1.54, 1.807) is 48.5 Å². The van der Waals surface area contributed by atoms with Gasteiger partial charge in [0.1, 0.15) is 5.92 Å². The van der Waals surface area contributed by atoms with Crippen LogP contribution < -0.4 is 14.8 Å². The van der Waals surface area contributed by atoms with Crippen molar-refractivity contribution in [2.24, 2.45) is 10.9 Å². The fourth-order valence-electron chi connectivity index (χ4n) is 3.88. The summed E-state index contributed by atoms with van der Waals surface area (Å²) >= 11 is 0. The number of methoxy groups -OCH3 is 4. The maximum Gasteiger partial charge on any atom is 0.350 e. The first-order valence-corrected chi connectivity index (χ1v) is 11.0. The topological polar surface area (TPSA) is 116 Å². The average molecular weight is 492 g/mol. The Morgan fingerprint density at radius 2 is 1.61 bits per heavy atom. The predicted molar refractivity (Wildman–Crippen MR) is 131 cm³/mol. The van der Waals surface area contributed by atoms with E-state index in [-0.39, 0.29) is 12.5 Å². The molecule has 2 aromatic rings. The number of nitrogens with one attached hydrogen (secondary N) is 1. The number of ether oxygens (including phenoxy) is 4. The molecule has 10 nitrogen and oxygen atoms in total. The molecule has 0 radical (unpaired) electrons. The number of hydrogen-bond donors (Lipinski definition) is 1. The molecule has 0 fully saturated rings. The molecule has 2 aliphatic rings. The molecule has 1 unspecified atom stereocenters. The maximum absolute atomic E-state index is 13.1. The van der Waals surface area contributed by atoms with E-state index in [9.17, 15) is 14.4 Å². The molecule has 1 aliphatic heterocycles. The maximum atomic E-state index is 13.1. The second-order valence-electron chi connectivity index (χ2n) is 7.89. The van der Waals surface area contributed by atoms with Crippen LogP contribution in [0.5, 0.6) is 11.5 Å². The molecule has 4 amide bonds. The quantitative estimate of drug-likeness (QED) is 0.600. The van der Waals surface area contributed by atoms with Crippen molar-refractivity contribution >= 4 is 29.2 Å². The van der Waals surface area contributed by atoms with Gasteiger partial charge in [-0.1, -0.05) is 12.1 Å². The fourth-order valence-corrected chi connectivity index (χ4v) is 3.88. The molecule has 0 spiro atoms. The number of fused-ring (bicyclic) bond motifs is 1. The number of nitrogens with zero attached hydrogens (tertiary/aromatic N) is 2. The number of carbonyl (C=O) groups is 3. The second kappa shape index (κ2) is 10.3. The zero-order valence-electron chi connectivity index (χ0n) is 20.2. The van der Waals surface area contributed by atoms with E-state index < -0.39 is 17.9 Å². The van der Waals surface area contributed by atoms with Crippen LogP contribution in [-0.4, -0.2) is 56.9 Å². The summed E-state index contributed by atoms with van der Waals surface area (Å²) in [6.45, 7) is 0.0134. The summed E-state index contributed by atoms with van der Waals surface area (Å²) in [7, 11) is 5.99. The lowest BCUT2D eigenvalue weighted by Gasteiger charge is -2.30. The number of carbonyl (C=O) groups excluding carboxylic acids is 3. The van der Waals surface area contributed by atoms with E-state index in [0.717, 1.165) is 4.90 Å². The molecule has 186 valence electrons. The van der Waals surface area contributed by atoms with Crippen molar-refractivity contribution in [2.75, 3.05) is 33.8 Å². The first kappa shape index (κ1) is 24.5. The Kier molecular flexibility index (Phi) is 7.05. The standard InChI is InChI=1S/C26H25N3O7/c1-33-20-10-9-17(11-21(20)34-2)27-24(30)16-7-5-15(6-8-16)14-29-25(31)18-12-22(35-3)23(36-4)13-19(18)28-26(29)32/h5-13,18H,14H2,1-4H3,(H,27,30). The smallest absolute Gasteiger partial charge is 0.350 e. The summed E-state index contributed by atoms with van der Waals surface area (Å²) < 4.78 is 21.0. The van der Waals surface area contributed by atoms with Gasteiger partial charge in [-0.3, -0.25) is 14.5 Å². The molecule has 1 atom stereocenters. The molecule has 1 aliphatic carbocycles. The highest BCUT2D eigenvalue weighted by atomic mass is 16.5. The van der Waals surface area contributed by atoms with Gasteiger partial charge in [-0.05, 0) is 35.9 Å². The van der Waals surface area contributed by atoms with Crippen LogP contribution in [0.25, 0.3) is 0 Å². The Bertz CT molecular complexity index is 1300. The van der Waals surface area contributed by atoms with Gasteiger partial charge in [0.2, 0.25) is 5.91 Å². The monoisotopic (exact) mass is 491 g/mol. The van der Waals surface area contributed by atoms with Crippen molar-refractivity contribution in [3.8, 4) is 11.5 Å². The van der Waals surface area contributed by atoms with E-state index in [1.807, 2.05) is 0 Å². The summed E-state index contributed by atoms with van der Waals surface area (Å²) in [5, 5.41) is 2.80. The number of amides is 4. The van der Waals surface area contributed by atoms with Gasteiger partial charge >= 0.3 is 6.03 Å². The zero-order valence-corrected chi connectivity index (χ0v) is 20.2. The SMILES string of the molecule is COC1=CC2=NC(=O)N(Cc3ccc(C(=O)Nc4ccc(OC)c(OC)c4)cc3)C(=O)C2C=C1OC. The minimum absolute atomic E-state index is 0.0134. The molecular weight excluding hydrogens is 466 g/mol. The Morgan fingerprint density at radius 3 is 2.25 bits per heavy atom. The van der Waals surface area contributed by atoms with E-state index in [0.29, 0.717) is 45.5 Å². The van der Waals surface area contributed by atoms with Crippen molar-refractivity contribution in [2.45, 2.75) is 6.54 Å². The first-order valence-electron chi connectivity index (χ1n) is 11.0. The third-order valence-electron chi connectivity index (χ3n) is 5.78. The normalized spacial score (nSPS) is 16.8. The number of anilines is 1. The number of benzene rings is 2. The van der Waals surface area contributed by atoms with Crippen LogP contribution in [0.3, 0.4) is 0 Å². The van der Waals surface area contributed by atoms with Crippen LogP contribution >= 0.6 is 0 Å². The van der Waals surface area contributed by atoms with Gasteiger partial charge in [-0.2, -0.15) is 4.99 Å². The van der Waals surface area contributed by atoms with Gasteiger partial charge in [0.25, 0.3) is 5.91 Å². The van der Waals surface area contributed by atoms with Crippen LogP contribution in [-0.2, 0) is 20.8 Å². The van der Waals surface area contributed by atoms with E-state index in [2.05, 4.69) is 10.3 Å². The summed E-state index contributed by atoms with van der Waals surface area (Å²) in [6, 6.07) is 11.0. The Hall–Kier alpha value is -4.60. The minimum atomic E-state index is -0.747. The molecule has 4 rings (SSSR count). The molecule has 1 N–H and O–H groups in total. The fraction of sp³-hybridized carbons (Fsp3) is 0.231. The summed E-state index contributed by atoms with van der Waals surface area (Å²) in [5.41, 5.74) is 1.92. The van der Waals surface area contributed by atoms with E-state index >= 15 is 0 Å². The molecule has 2 aromatic carbocycles. The van der Waals surface area contributed by atoms with Crippen molar-refractivity contribution < 1.29 is 33.3 Å². The van der Waals surface area contributed by atoms with Crippen LogP contribution in [0.1, 0.15) is 15.9 Å². The zero-order chi connectivity index (χ0) is 25.8. The van der Waals surface area contributed by atoms with Gasteiger partial charge in [0.05, 0.1) is 40.7 Å². The largest absolute Gasteiger partial charge is 0.493 e. The molecule has 36 heavy (non-hydrogen) atoms. The lowest BCUT2D eigenvalue weighted by Crippen LogP contribution is -2.46. The number of aliphatic imine (C=N–C) groups is 1. The molecule has 0 bridgehead atoms. The molecular formula is C26H25N3O7. The number of imide groups is 1. The molecule has 1 heterocycles. The average Bonchev–Trinajstić information content (AvgIpc) is 2.90. The van der Waals surface area contributed by atoms with Crippen molar-refractivity contribution in [3.63, 3.8) is 0 Å². The van der Waals surface area contributed by atoms with Crippen LogP contribution in [0.2, 0.25) is 0 Å². The van der Waals surface area contributed by atoms with Gasteiger partial charge in [0.15, 0.2) is 23.0 Å². The van der Waals surface area contributed by atoms with Crippen LogP contribution in [0.15, 0.2) is 71.1 Å². The van der Waals surface area contributed by atoms with Gasteiger partial charge in [-0.15, -0.1) is 0 Å². The lowest BCUT2D eigenvalue weighted by atomic mass is 9.93. The van der Waals surface area contributed by atoms with Crippen LogP contribution in [0, 0.1) is 5.92 Å². The van der Waals surface area contributed by atoms with Gasteiger partial charge in [0, 0.05) is 23.4 Å². The van der Waals surface area contributed by atoms with E-state index in [1.165, 1.54) is 34.5 Å². The number of urea groups is 1. The van der Waals surface area contributed by atoms with Crippen LogP contribution in [0.4, 0.5) is 10.5 Å². The lowest BCUT2D eigenvalue weighted by molar-refractivity contribution is -0.130. The third-order valence-corrected chi connectivity index (χ3v) is 5.78. The van der Waals surface area contributed by atoms with Crippen molar-refractivity contribution in [1.29, 1.82) is 0 Å². The highest BCUT2D eigenvalue weighted by Crippen LogP contribution is 2.30. The molecule has 10 heteroatoms. The Balaban J connectivity index is 1.46. The Morgan fingerprint density at radius 1 is 0.917 bits per heavy atom. The number of rotatable bonds is 8. The van der Waals surface area contributed by atoms with Gasteiger partial charge < -0.3 is 24.3 Å². The summed E-state index contributed by atoms with van der Waals surface area (Å²) in [4.78, 5) is 43.5. The number of allylic oxidation sites excluding steroid dienone is 1. The minimum Gasteiger partial charge on any atom is -0.493 e. The van der Waals surface area contributed by atoms with Gasteiger partial charge in [-0.25, -0.2) is 4.79 Å². The Labute approximate surface area is 207 Å². The molecule has 0 aromatic heterocycles. The van der Waals surface area contributed by atoms with E-state index in [4.69, 9.17) is 18.9 Å². The van der Waals surface area contributed by atoms with Crippen molar-refractivity contribution in [3.05, 3.63) is 77.3 Å². The predicted octanol–water partition coefficient (Wildman–Crippen LogP) is 3.55. The first-order chi connectivity index (χ1) is 17.4. The molecule has 0 saturated heterocycles. The highest BCUT2D eigenvalue weighted by molar-refractivity contribution is 6.22.